The molecule has 2 N–H and O–H groups in total. The number of nitrogens with two attached hydrogens (primary N) is 1. The van der Waals surface area contributed by atoms with Gasteiger partial charge in [0.05, 0.1) is 13.0 Å². The fraction of sp³-hybridized carbons (Fsp3) is 0.385. The zero-order chi connectivity index (χ0) is 12.3. The average molecular weight is 231 g/mol. The normalized spacial score (nSPS) is 15.3. The van der Waals surface area contributed by atoms with Gasteiger partial charge in [-0.05, 0) is 24.6 Å². The van der Waals surface area contributed by atoms with Crippen molar-refractivity contribution in [2.75, 3.05) is 6.54 Å². The quantitative estimate of drug-likeness (QED) is 0.852. The van der Waals surface area contributed by atoms with Gasteiger partial charge < -0.3 is 5.73 Å². The lowest BCUT2D eigenvalue weighted by atomic mass is 10.1. The fourth-order valence-electron chi connectivity index (χ4n) is 1.91. The van der Waals surface area contributed by atoms with Crippen molar-refractivity contribution in [3.05, 3.63) is 35.4 Å². The Kier molecular flexibility index (Phi) is 3.54. The van der Waals surface area contributed by atoms with E-state index in [-0.39, 0.29) is 5.91 Å². The Morgan fingerprint density at radius 1 is 1.41 bits per heavy atom. The smallest absolute Gasteiger partial charge is 0.248 e. The van der Waals surface area contributed by atoms with Crippen LogP contribution in [0.5, 0.6) is 0 Å². The van der Waals surface area contributed by atoms with E-state index in [1.165, 1.54) is 5.56 Å². The SMILES string of the molecule is Cc1ccccc1CN1N=C(CCN)CC1=O. The minimum absolute atomic E-state index is 0.0664. The van der Waals surface area contributed by atoms with Crippen LogP contribution in [0.15, 0.2) is 29.4 Å². The second-order valence-electron chi connectivity index (χ2n) is 4.26. The molecule has 4 nitrogen and oxygen atoms in total. The molecule has 1 amide bonds. The van der Waals surface area contributed by atoms with Crippen molar-refractivity contribution in [1.82, 2.24) is 5.01 Å². The Balaban J connectivity index is 2.09. The highest BCUT2D eigenvalue weighted by atomic mass is 16.2. The number of hydrazone groups is 1. The number of carbonyl (C=O) groups is 1. The first-order valence-electron chi connectivity index (χ1n) is 5.82. The second kappa shape index (κ2) is 5.10. The highest BCUT2D eigenvalue weighted by Crippen LogP contribution is 2.16. The third-order valence-electron chi connectivity index (χ3n) is 2.92. The number of aryl methyl sites for hydroxylation is 1. The lowest BCUT2D eigenvalue weighted by Gasteiger charge is -2.13. The van der Waals surface area contributed by atoms with Crippen molar-refractivity contribution < 1.29 is 4.79 Å². The maximum absolute atomic E-state index is 11.7. The number of rotatable bonds is 4. The molecule has 0 aliphatic carbocycles. The molecule has 0 saturated heterocycles. The number of hydrogen-bond donors (Lipinski definition) is 1. The lowest BCUT2D eigenvalue weighted by Crippen LogP contribution is -2.20. The predicted molar refractivity (Wildman–Crippen MR) is 67.5 cm³/mol. The van der Waals surface area contributed by atoms with Crippen LogP contribution in [-0.4, -0.2) is 23.2 Å². The molecule has 0 atom stereocenters. The van der Waals surface area contributed by atoms with E-state index in [0.717, 1.165) is 11.3 Å². The Bertz CT molecular complexity index is 454. The van der Waals surface area contributed by atoms with Crippen molar-refractivity contribution in [3.8, 4) is 0 Å². The zero-order valence-corrected chi connectivity index (χ0v) is 10.0. The van der Waals surface area contributed by atoms with Crippen LogP contribution in [0.1, 0.15) is 24.0 Å². The van der Waals surface area contributed by atoms with E-state index >= 15 is 0 Å². The summed E-state index contributed by atoms with van der Waals surface area (Å²) in [6.45, 7) is 3.14. The molecule has 1 aliphatic heterocycles. The molecule has 0 saturated carbocycles. The van der Waals surface area contributed by atoms with E-state index in [2.05, 4.69) is 5.10 Å². The maximum Gasteiger partial charge on any atom is 0.248 e. The minimum atomic E-state index is 0.0664. The topological polar surface area (TPSA) is 58.7 Å². The van der Waals surface area contributed by atoms with Crippen molar-refractivity contribution in [2.45, 2.75) is 26.3 Å². The maximum atomic E-state index is 11.7. The van der Waals surface area contributed by atoms with E-state index in [9.17, 15) is 4.79 Å². The summed E-state index contributed by atoms with van der Waals surface area (Å²) < 4.78 is 0. The summed E-state index contributed by atoms with van der Waals surface area (Å²) in [4.78, 5) is 11.7. The van der Waals surface area contributed by atoms with Crippen LogP contribution in [0.4, 0.5) is 0 Å². The Hall–Kier alpha value is -1.68. The van der Waals surface area contributed by atoms with Gasteiger partial charge in [-0.1, -0.05) is 24.3 Å². The van der Waals surface area contributed by atoms with Crippen LogP contribution < -0.4 is 5.73 Å². The summed E-state index contributed by atoms with van der Waals surface area (Å²) in [5.41, 5.74) is 8.68. The molecule has 1 aromatic carbocycles. The van der Waals surface area contributed by atoms with Gasteiger partial charge in [0.25, 0.3) is 0 Å². The van der Waals surface area contributed by atoms with E-state index in [4.69, 9.17) is 5.73 Å². The molecule has 17 heavy (non-hydrogen) atoms. The molecule has 4 heteroatoms. The summed E-state index contributed by atoms with van der Waals surface area (Å²) in [6.07, 6.45) is 1.12. The molecule has 0 fully saturated rings. The number of hydrogen-bond acceptors (Lipinski definition) is 3. The first-order chi connectivity index (χ1) is 8.20. The van der Waals surface area contributed by atoms with Crippen LogP contribution in [0.25, 0.3) is 0 Å². The highest BCUT2D eigenvalue weighted by Gasteiger charge is 2.23. The molecule has 90 valence electrons. The van der Waals surface area contributed by atoms with Crippen LogP contribution in [0.3, 0.4) is 0 Å². The molecule has 1 heterocycles. The summed E-state index contributed by atoms with van der Waals surface area (Å²) >= 11 is 0. The highest BCUT2D eigenvalue weighted by molar-refractivity contribution is 6.04. The van der Waals surface area contributed by atoms with Gasteiger partial charge in [0, 0.05) is 12.1 Å². The van der Waals surface area contributed by atoms with Crippen molar-refractivity contribution in [1.29, 1.82) is 0 Å². The minimum Gasteiger partial charge on any atom is -0.330 e. The van der Waals surface area contributed by atoms with Gasteiger partial charge in [-0.2, -0.15) is 5.10 Å². The van der Waals surface area contributed by atoms with E-state index in [1.807, 2.05) is 31.2 Å². The Morgan fingerprint density at radius 3 is 2.88 bits per heavy atom. The van der Waals surface area contributed by atoms with Gasteiger partial charge in [-0.25, -0.2) is 5.01 Å². The van der Waals surface area contributed by atoms with Gasteiger partial charge in [-0.15, -0.1) is 0 Å². The summed E-state index contributed by atoms with van der Waals surface area (Å²) in [7, 11) is 0. The van der Waals surface area contributed by atoms with Crippen LogP contribution in [-0.2, 0) is 11.3 Å². The van der Waals surface area contributed by atoms with Gasteiger partial charge in [-0.3, -0.25) is 4.79 Å². The molecule has 0 aromatic heterocycles. The molecule has 2 rings (SSSR count). The molecular formula is C13H17N3O. The van der Waals surface area contributed by atoms with E-state index < -0.39 is 0 Å². The monoisotopic (exact) mass is 231 g/mol. The number of amides is 1. The Labute approximate surface area is 101 Å². The predicted octanol–water partition coefficient (Wildman–Crippen LogP) is 1.43. The average Bonchev–Trinajstić information content (AvgIpc) is 2.63. The zero-order valence-electron chi connectivity index (χ0n) is 10.0. The molecule has 1 aliphatic rings. The van der Waals surface area contributed by atoms with Crippen molar-refractivity contribution >= 4 is 11.6 Å². The second-order valence-corrected chi connectivity index (χ2v) is 4.26. The van der Waals surface area contributed by atoms with Crippen LogP contribution in [0.2, 0.25) is 0 Å². The fourth-order valence-corrected chi connectivity index (χ4v) is 1.91. The first-order valence-corrected chi connectivity index (χ1v) is 5.82. The number of carbonyl (C=O) groups excluding carboxylic acids is 1. The summed E-state index contributed by atoms with van der Waals surface area (Å²) in [5, 5.41) is 5.86. The third kappa shape index (κ3) is 2.71. The largest absolute Gasteiger partial charge is 0.330 e. The van der Waals surface area contributed by atoms with Gasteiger partial charge in [0.1, 0.15) is 0 Å². The van der Waals surface area contributed by atoms with E-state index in [1.54, 1.807) is 5.01 Å². The lowest BCUT2D eigenvalue weighted by molar-refractivity contribution is -0.129. The van der Waals surface area contributed by atoms with Crippen LogP contribution in [0, 0.1) is 6.92 Å². The summed E-state index contributed by atoms with van der Waals surface area (Å²) in [6, 6.07) is 8.04. The molecular weight excluding hydrogens is 214 g/mol. The first kappa shape index (κ1) is 11.8. The van der Waals surface area contributed by atoms with Gasteiger partial charge >= 0.3 is 0 Å². The molecule has 0 bridgehead atoms. The number of benzene rings is 1. The van der Waals surface area contributed by atoms with Crippen molar-refractivity contribution in [3.63, 3.8) is 0 Å². The molecule has 0 radical (unpaired) electrons. The standard InChI is InChI=1S/C13H17N3O/c1-10-4-2-3-5-11(10)9-16-13(17)8-12(15-16)6-7-14/h2-5H,6-9,14H2,1H3. The van der Waals surface area contributed by atoms with Crippen LogP contribution >= 0.6 is 0 Å². The van der Waals surface area contributed by atoms with Gasteiger partial charge in [0.2, 0.25) is 5.91 Å². The molecule has 0 spiro atoms. The number of nitrogens with zero attached hydrogens (tertiary/aromatic N) is 2. The third-order valence-corrected chi connectivity index (χ3v) is 2.92. The molecule has 0 unspecified atom stereocenters. The van der Waals surface area contributed by atoms with Gasteiger partial charge in [0.15, 0.2) is 0 Å². The Morgan fingerprint density at radius 2 is 2.18 bits per heavy atom. The van der Waals surface area contributed by atoms with E-state index in [0.29, 0.717) is 25.9 Å². The van der Waals surface area contributed by atoms with Crippen molar-refractivity contribution in [2.24, 2.45) is 10.8 Å². The molecule has 1 aromatic rings. The summed E-state index contributed by atoms with van der Waals surface area (Å²) in [5.74, 6) is 0.0664.